The summed E-state index contributed by atoms with van der Waals surface area (Å²) in [5.74, 6) is 0. The fraction of sp³-hybridized carbons (Fsp3) is 0.385. The van der Waals surface area contributed by atoms with Crippen LogP contribution in [0, 0.1) is 0 Å². The van der Waals surface area contributed by atoms with Crippen molar-refractivity contribution in [2.24, 2.45) is 7.05 Å². The van der Waals surface area contributed by atoms with Gasteiger partial charge < -0.3 is 4.57 Å². The summed E-state index contributed by atoms with van der Waals surface area (Å²) < 4.78 is 29.8. The van der Waals surface area contributed by atoms with E-state index in [-0.39, 0.29) is 6.04 Å². The molecule has 4 nitrogen and oxygen atoms in total. The van der Waals surface area contributed by atoms with Gasteiger partial charge in [0.25, 0.3) is 10.0 Å². The van der Waals surface area contributed by atoms with Gasteiger partial charge in [0, 0.05) is 25.0 Å². The van der Waals surface area contributed by atoms with Crippen LogP contribution in [0.5, 0.6) is 0 Å². The monoisotopic (exact) mass is 330 g/mol. The average Bonchev–Trinajstić information content (AvgIpc) is 3.00. The minimum Gasteiger partial charge on any atom is -0.353 e. The molecule has 1 aliphatic carbocycles. The van der Waals surface area contributed by atoms with Gasteiger partial charge in [-0.2, -0.15) is 4.31 Å². The molecule has 0 N–H and O–H groups in total. The first-order chi connectivity index (χ1) is 9.48. The Morgan fingerprint density at radius 1 is 1.40 bits per heavy atom. The Hall–Kier alpha value is -0.820. The number of aromatic nitrogens is 1. The number of rotatable bonds is 5. The van der Waals surface area contributed by atoms with E-state index in [2.05, 4.69) is 0 Å². The van der Waals surface area contributed by atoms with Crippen LogP contribution in [0.25, 0.3) is 0 Å². The van der Waals surface area contributed by atoms with Crippen LogP contribution in [0.2, 0.25) is 4.34 Å². The molecule has 1 fully saturated rings. The maximum atomic E-state index is 12.7. The van der Waals surface area contributed by atoms with Crippen LogP contribution in [0.1, 0.15) is 18.5 Å². The fourth-order valence-electron chi connectivity index (χ4n) is 2.15. The quantitative estimate of drug-likeness (QED) is 0.845. The van der Waals surface area contributed by atoms with E-state index < -0.39 is 10.0 Å². The zero-order chi connectivity index (χ0) is 14.3. The van der Waals surface area contributed by atoms with Crippen molar-refractivity contribution in [1.29, 1.82) is 0 Å². The van der Waals surface area contributed by atoms with Crippen molar-refractivity contribution in [1.82, 2.24) is 8.87 Å². The topological polar surface area (TPSA) is 42.3 Å². The van der Waals surface area contributed by atoms with E-state index in [9.17, 15) is 8.42 Å². The Bertz CT molecular complexity index is 716. The lowest BCUT2D eigenvalue weighted by atomic mass is 10.4. The zero-order valence-electron chi connectivity index (χ0n) is 11.0. The molecule has 0 unspecified atom stereocenters. The van der Waals surface area contributed by atoms with E-state index in [1.165, 1.54) is 0 Å². The SMILES string of the molecule is Cn1cccc1CN(C1CC1)S(=O)(=O)c1ccc(Cl)s1. The van der Waals surface area contributed by atoms with Gasteiger partial charge in [-0.3, -0.25) is 0 Å². The summed E-state index contributed by atoms with van der Waals surface area (Å²) >= 11 is 6.98. The van der Waals surface area contributed by atoms with E-state index in [0.29, 0.717) is 15.1 Å². The molecule has 0 radical (unpaired) electrons. The first kappa shape index (κ1) is 14.1. The summed E-state index contributed by atoms with van der Waals surface area (Å²) in [7, 11) is -1.53. The molecule has 0 atom stereocenters. The highest BCUT2D eigenvalue weighted by Crippen LogP contribution is 2.36. The molecule has 1 saturated carbocycles. The zero-order valence-corrected chi connectivity index (χ0v) is 13.4. The van der Waals surface area contributed by atoms with E-state index >= 15 is 0 Å². The van der Waals surface area contributed by atoms with Gasteiger partial charge in [0.15, 0.2) is 0 Å². The van der Waals surface area contributed by atoms with Crippen LogP contribution in [0.3, 0.4) is 0 Å². The Kier molecular flexibility index (Phi) is 3.66. The van der Waals surface area contributed by atoms with Crippen molar-refractivity contribution in [3.63, 3.8) is 0 Å². The van der Waals surface area contributed by atoms with Crippen molar-refractivity contribution >= 4 is 33.0 Å². The summed E-state index contributed by atoms with van der Waals surface area (Å²) in [5.41, 5.74) is 0.989. The van der Waals surface area contributed by atoms with Crippen LogP contribution in [-0.4, -0.2) is 23.3 Å². The van der Waals surface area contributed by atoms with E-state index in [1.807, 2.05) is 29.9 Å². The van der Waals surface area contributed by atoms with Gasteiger partial charge in [0.1, 0.15) is 4.21 Å². The highest BCUT2D eigenvalue weighted by molar-refractivity contribution is 7.91. The van der Waals surface area contributed by atoms with Crippen LogP contribution in [0.15, 0.2) is 34.7 Å². The maximum Gasteiger partial charge on any atom is 0.253 e. The van der Waals surface area contributed by atoms with Gasteiger partial charge in [-0.05, 0) is 37.1 Å². The van der Waals surface area contributed by atoms with E-state index in [1.54, 1.807) is 16.4 Å². The van der Waals surface area contributed by atoms with Crippen molar-refractivity contribution in [3.8, 4) is 0 Å². The van der Waals surface area contributed by atoms with Gasteiger partial charge in [0.2, 0.25) is 0 Å². The van der Waals surface area contributed by atoms with Gasteiger partial charge in [-0.1, -0.05) is 11.6 Å². The molecule has 2 aromatic rings. The van der Waals surface area contributed by atoms with Crippen LogP contribution in [-0.2, 0) is 23.6 Å². The van der Waals surface area contributed by atoms with Gasteiger partial charge in [0.05, 0.1) is 10.9 Å². The summed E-state index contributed by atoms with van der Waals surface area (Å²) in [4.78, 5) is 0. The lowest BCUT2D eigenvalue weighted by molar-refractivity contribution is 0.391. The molecule has 2 aromatic heterocycles. The van der Waals surface area contributed by atoms with E-state index in [0.717, 1.165) is 29.9 Å². The molecule has 0 aromatic carbocycles. The second-order valence-electron chi connectivity index (χ2n) is 4.95. The summed E-state index contributed by atoms with van der Waals surface area (Å²) in [6, 6.07) is 7.22. The molecule has 0 spiro atoms. The molecule has 0 bridgehead atoms. The number of hydrogen-bond donors (Lipinski definition) is 0. The number of aryl methyl sites for hydroxylation is 1. The predicted octanol–water partition coefficient (Wildman–Crippen LogP) is 3.09. The molecular formula is C13H15ClN2O2S2. The first-order valence-electron chi connectivity index (χ1n) is 6.36. The van der Waals surface area contributed by atoms with Crippen LogP contribution >= 0.6 is 22.9 Å². The van der Waals surface area contributed by atoms with Crippen molar-refractivity contribution < 1.29 is 8.42 Å². The Labute approximate surface area is 127 Å². The third-order valence-corrected chi connectivity index (χ3v) is 7.03. The first-order valence-corrected chi connectivity index (χ1v) is 8.99. The minimum absolute atomic E-state index is 0.121. The Morgan fingerprint density at radius 3 is 2.65 bits per heavy atom. The molecule has 3 rings (SSSR count). The van der Waals surface area contributed by atoms with Crippen molar-refractivity contribution in [3.05, 3.63) is 40.5 Å². The molecule has 0 saturated heterocycles. The molecule has 2 heterocycles. The molecule has 20 heavy (non-hydrogen) atoms. The molecule has 0 amide bonds. The Balaban J connectivity index is 1.93. The Morgan fingerprint density at radius 2 is 2.15 bits per heavy atom. The maximum absolute atomic E-state index is 12.7. The number of thiophene rings is 1. The number of nitrogens with zero attached hydrogens (tertiary/aromatic N) is 2. The molecular weight excluding hydrogens is 316 g/mol. The third-order valence-electron chi connectivity index (χ3n) is 3.43. The lowest BCUT2D eigenvalue weighted by Crippen LogP contribution is -2.32. The molecule has 108 valence electrons. The van der Waals surface area contributed by atoms with Crippen LogP contribution in [0.4, 0.5) is 0 Å². The van der Waals surface area contributed by atoms with Crippen molar-refractivity contribution in [2.75, 3.05) is 0 Å². The van der Waals surface area contributed by atoms with Gasteiger partial charge >= 0.3 is 0 Å². The van der Waals surface area contributed by atoms with Gasteiger partial charge in [-0.15, -0.1) is 11.3 Å². The fourth-order valence-corrected chi connectivity index (χ4v) is 5.41. The highest BCUT2D eigenvalue weighted by Gasteiger charge is 2.39. The molecule has 7 heteroatoms. The average molecular weight is 331 g/mol. The number of hydrogen-bond acceptors (Lipinski definition) is 3. The predicted molar refractivity (Wildman–Crippen MR) is 80.5 cm³/mol. The highest BCUT2D eigenvalue weighted by atomic mass is 35.5. The van der Waals surface area contributed by atoms with Crippen molar-refractivity contribution in [2.45, 2.75) is 29.6 Å². The third kappa shape index (κ3) is 2.65. The largest absolute Gasteiger partial charge is 0.353 e. The van der Waals surface area contributed by atoms with Crippen LogP contribution < -0.4 is 0 Å². The second-order valence-corrected chi connectivity index (χ2v) is 8.78. The minimum atomic E-state index is -3.46. The number of halogens is 1. The molecule has 1 aliphatic rings. The second kappa shape index (κ2) is 5.18. The smallest absolute Gasteiger partial charge is 0.253 e. The van der Waals surface area contributed by atoms with Gasteiger partial charge in [-0.25, -0.2) is 8.42 Å². The molecule has 0 aliphatic heterocycles. The number of sulfonamides is 1. The summed E-state index contributed by atoms with van der Waals surface area (Å²) in [6.45, 7) is 0.409. The normalized spacial score (nSPS) is 15.9. The lowest BCUT2D eigenvalue weighted by Gasteiger charge is -2.21. The van der Waals surface area contributed by atoms with E-state index in [4.69, 9.17) is 11.6 Å². The summed E-state index contributed by atoms with van der Waals surface area (Å²) in [6.07, 6.45) is 3.79. The summed E-state index contributed by atoms with van der Waals surface area (Å²) in [5, 5.41) is 0. The standard InChI is InChI=1S/C13H15ClN2O2S2/c1-15-8-2-3-11(15)9-16(10-4-5-10)20(17,18)13-7-6-12(14)19-13/h2-3,6-8,10H,4-5,9H2,1H3.